The number of hydrogen-bond acceptors (Lipinski definition) is 4. The lowest BCUT2D eigenvalue weighted by atomic mass is 10.1. The van der Waals surface area contributed by atoms with E-state index in [9.17, 15) is 9.59 Å². The van der Waals surface area contributed by atoms with Gasteiger partial charge < -0.3 is 0 Å². The first-order chi connectivity index (χ1) is 9.65. The second kappa shape index (κ2) is 5.02. The van der Waals surface area contributed by atoms with E-state index >= 15 is 0 Å². The Bertz CT molecular complexity index is 831. The number of aryl methyl sites for hydroxylation is 1. The van der Waals surface area contributed by atoms with E-state index in [2.05, 4.69) is 4.98 Å². The number of fused-ring (bicyclic) bond motifs is 1. The lowest BCUT2D eigenvalue weighted by molar-refractivity contribution is 0.0970. The van der Waals surface area contributed by atoms with E-state index in [0.717, 1.165) is 5.56 Å². The average molecular weight is 284 g/mol. The fourth-order valence-electron chi connectivity index (χ4n) is 1.98. The van der Waals surface area contributed by atoms with Crippen LogP contribution in [0.25, 0.3) is 10.2 Å². The van der Waals surface area contributed by atoms with Crippen molar-refractivity contribution in [1.82, 2.24) is 9.55 Å². The standard InChI is InChI=1S/C15H12N2O2S/c1-10-2-4-11(5-3-10)13(18)8-17-9-16-12-6-7-20-14(12)15(17)19/h2-7,9H,8H2,1H3. The number of ketones is 1. The van der Waals surface area contributed by atoms with Gasteiger partial charge in [0.25, 0.3) is 5.56 Å². The molecule has 0 aliphatic heterocycles. The van der Waals surface area contributed by atoms with Crippen LogP contribution in [-0.2, 0) is 6.54 Å². The second-order valence-electron chi connectivity index (χ2n) is 4.60. The number of Topliss-reactive ketones (excluding diaryl/α,β-unsaturated/α-hetero) is 1. The van der Waals surface area contributed by atoms with Crippen LogP contribution in [0.5, 0.6) is 0 Å². The SMILES string of the molecule is Cc1ccc(C(=O)Cn2cnc3ccsc3c2=O)cc1. The van der Waals surface area contributed by atoms with Crippen molar-refractivity contribution in [2.24, 2.45) is 0 Å². The topological polar surface area (TPSA) is 52.0 Å². The quantitative estimate of drug-likeness (QED) is 0.695. The minimum absolute atomic E-state index is 0.0166. The molecule has 3 aromatic rings. The van der Waals surface area contributed by atoms with Gasteiger partial charge in [-0.05, 0) is 18.4 Å². The lowest BCUT2D eigenvalue weighted by Gasteiger charge is -2.05. The number of thiophene rings is 1. The van der Waals surface area contributed by atoms with Crippen LogP contribution in [0, 0.1) is 6.92 Å². The Kier molecular flexibility index (Phi) is 3.20. The maximum Gasteiger partial charge on any atom is 0.271 e. The normalized spacial score (nSPS) is 10.8. The summed E-state index contributed by atoms with van der Waals surface area (Å²) < 4.78 is 1.95. The van der Waals surface area contributed by atoms with Gasteiger partial charge in [0.1, 0.15) is 4.70 Å². The van der Waals surface area contributed by atoms with E-state index in [4.69, 9.17) is 0 Å². The van der Waals surface area contributed by atoms with E-state index in [1.54, 1.807) is 18.2 Å². The van der Waals surface area contributed by atoms with E-state index in [0.29, 0.717) is 15.8 Å². The molecule has 0 spiro atoms. The van der Waals surface area contributed by atoms with Crippen molar-refractivity contribution in [3.8, 4) is 0 Å². The van der Waals surface area contributed by atoms with Crippen LogP contribution in [0.4, 0.5) is 0 Å². The first-order valence-corrected chi connectivity index (χ1v) is 7.05. The molecule has 0 fully saturated rings. The molecule has 0 aliphatic rings. The molecule has 0 saturated carbocycles. The highest BCUT2D eigenvalue weighted by molar-refractivity contribution is 7.17. The maximum atomic E-state index is 12.2. The van der Waals surface area contributed by atoms with Crippen LogP contribution in [0.1, 0.15) is 15.9 Å². The van der Waals surface area contributed by atoms with E-state index < -0.39 is 0 Å². The van der Waals surface area contributed by atoms with Crippen molar-refractivity contribution in [2.45, 2.75) is 13.5 Å². The average Bonchev–Trinajstić information content (AvgIpc) is 2.92. The van der Waals surface area contributed by atoms with E-state index in [1.165, 1.54) is 22.2 Å². The summed E-state index contributed by atoms with van der Waals surface area (Å²) in [5.41, 5.74) is 2.22. The van der Waals surface area contributed by atoms with Gasteiger partial charge in [-0.2, -0.15) is 0 Å². The molecule has 2 heterocycles. The summed E-state index contributed by atoms with van der Waals surface area (Å²) in [7, 11) is 0. The van der Waals surface area contributed by atoms with Gasteiger partial charge in [-0.15, -0.1) is 11.3 Å². The number of nitrogens with zero attached hydrogens (tertiary/aromatic N) is 2. The zero-order valence-electron chi connectivity index (χ0n) is 10.9. The first-order valence-electron chi connectivity index (χ1n) is 6.17. The first kappa shape index (κ1) is 12.7. The van der Waals surface area contributed by atoms with Crippen LogP contribution in [0.2, 0.25) is 0 Å². The summed E-state index contributed by atoms with van der Waals surface area (Å²) in [5, 5.41) is 1.82. The summed E-state index contributed by atoms with van der Waals surface area (Å²) in [6, 6.07) is 9.13. The van der Waals surface area contributed by atoms with Crippen molar-refractivity contribution in [3.63, 3.8) is 0 Å². The summed E-state index contributed by atoms with van der Waals surface area (Å²) in [6.07, 6.45) is 1.43. The summed E-state index contributed by atoms with van der Waals surface area (Å²) >= 11 is 1.35. The zero-order chi connectivity index (χ0) is 14.1. The molecule has 100 valence electrons. The van der Waals surface area contributed by atoms with E-state index in [1.807, 2.05) is 24.4 Å². The monoisotopic (exact) mass is 284 g/mol. The van der Waals surface area contributed by atoms with Gasteiger partial charge in [-0.25, -0.2) is 4.98 Å². The van der Waals surface area contributed by atoms with Crippen molar-refractivity contribution in [2.75, 3.05) is 0 Å². The molecule has 0 saturated heterocycles. The molecule has 20 heavy (non-hydrogen) atoms. The highest BCUT2D eigenvalue weighted by atomic mass is 32.1. The van der Waals surface area contributed by atoms with Crippen molar-refractivity contribution < 1.29 is 4.79 Å². The maximum absolute atomic E-state index is 12.2. The van der Waals surface area contributed by atoms with Crippen LogP contribution in [-0.4, -0.2) is 15.3 Å². The number of hydrogen-bond donors (Lipinski definition) is 0. The molecule has 0 N–H and O–H groups in total. The molecule has 0 radical (unpaired) electrons. The molecule has 0 aliphatic carbocycles. The Labute approximate surface area is 119 Å². The molecular weight excluding hydrogens is 272 g/mol. The van der Waals surface area contributed by atoms with Gasteiger partial charge in [-0.1, -0.05) is 29.8 Å². The van der Waals surface area contributed by atoms with Crippen LogP contribution in [0.3, 0.4) is 0 Å². The van der Waals surface area contributed by atoms with Gasteiger partial charge in [0.2, 0.25) is 0 Å². The Morgan fingerprint density at radius 1 is 1.25 bits per heavy atom. The minimum Gasteiger partial charge on any atom is -0.292 e. The van der Waals surface area contributed by atoms with Crippen molar-refractivity contribution >= 4 is 27.3 Å². The summed E-state index contributed by atoms with van der Waals surface area (Å²) in [4.78, 5) is 28.5. The highest BCUT2D eigenvalue weighted by Gasteiger charge is 2.10. The molecule has 0 atom stereocenters. The van der Waals surface area contributed by atoms with Gasteiger partial charge >= 0.3 is 0 Å². The molecule has 3 rings (SSSR count). The number of benzene rings is 1. The van der Waals surface area contributed by atoms with Crippen LogP contribution >= 0.6 is 11.3 Å². The molecular formula is C15H12N2O2S. The largest absolute Gasteiger partial charge is 0.292 e. The van der Waals surface area contributed by atoms with Gasteiger partial charge in [0.15, 0.2) is 5.78 Å². The van der Waals surface area contributed by atoms with Gasteiger partial charge in [0.05, 0.1) is 18.4 Å². The molecule has 0 amide bonds. The Balaban J connectivity index is 1.93. The fraction of sp³-hybridized carbons (Fsp3) is 0.133. The molecule has 4 nitrogen and oxygen atoms in total. The van der Waals surface area contributed by atoms with E-state index in [-0.39, 0.29) is 17.9 Å². The minimum atomic E-state index is -0.162. The van der Waals surface area contributed by atoms with Crippen molar-refractivity contribution in [3.05, 3.63) is 63.5 Å². The third-order valence-corrected chi connectivity index (χ3v) is 4.01. The fourth-order valence-corrected chi connectivity index (χ4v) is 2.77. The molecule has 5 heteroatoms. The van der Waals surface area contributed by atoms with Crippen LogP contribution < -0.4 is 5.56 Å². The predicted octanol–water partition coefficient (Wildman–Crippen LogP) is 2.65. The Morgan fingerprint density at radius 3 is 2.75 bits per heavy atom. The molecule has 2 aromatic heterocycles. The second-order valence-corrected chi connectivity index (χ2v) is 5.52. The van der Waals surface area contributed by atoms with Crippen molar-refractivity contribution in [1.29, 1.82) is 0 Å². The van der Waals surface area contributed by atoms with Gasteiger partial charge in [-0.3, -0.25) is 14.2 Å². The number of rotatable bonds is 3. The molecule has 1 aromatic carbocycles. The summed E-state index contributed by atoms with van der Waals surface area (Å²) in [6.45, 7) is 1.98. The summed E-state index contributed by atoms with van der Waals surface area (Å²) in [5.74, 6) is -0.0928. The zero-order valence-corrected chi connectivity index (χ0v) is 11.7. The Morgan fingerprint density at radius 2 is 2.00 bits per heavy atom. The molecule has 0 unspecified atom stereocenters. The molecule has 0 bridgehead atoms. The number of carbonyl (C=O) groups excluding carboxylic acids is 1. The van der Waals surface area contributed by atoms with Crippen LogP contribution in [0.15, 0.2) is 46.8 Å². The number of aromatic nitrogens is 2. The predicted molar refractivity (Wildman–Crippen MR) is 79.4 cm³/mol. The lowest BCUT2D eigenvalue weighted by Crippen LogP contribution is -2.24. The third kappa shape index (κ3) is 2.28. The van der Waals surface area contributed by atoms with Gasteiger partial charge in [0, 0.05) is 5.56 Å². The third-order valence-electron chi connectivity index (χ3n) is 3.12. The Hall–Kier alpha value is -2.27. The number of carbonyl (C=O) groups is 1. The smallest absolute Gasteiger partial charge is 0.271 e. The highest BCUT2D eigenvalue weighted by Crippen LogP contribution is 2.13.